The second-order valence-electron chi connectivity index (χ2n) is 2.28. The molecule has 0 aromatic carbocycles. The van der Waals surface area contributed by atoms with Gasteiger partial charge in [0, 0.05) is 22.6 Å². The lowest BCUT2D eigenvalue weighted by atomic mass is 10.1. The molecule has 0 rings (SSSR count). The van der Waals surface area contributed by atoms with Crippen LogP contribution in [-0.2, 0) is 0 Å². The molecule has 0 atom stereocenters. The van der Waals surface area contributed by atoms with Crippen LogP contribution in [0.4, 0.5) is 4.79 Å². The van der Waals surface area contributed by atoms with E-state index in [-0.39, 0.29) is 17.1 Å². The van der Waals surface area contributed by atoms with Gasteiger partial charge in [0.25, 0.3) is 3.91 Å². The first-order valence-corrected chi connectivity index (χ1v) is 3.81. The maximum absolute atomic E-state index is 10.4. The number of nitrogens with one attached hydrogen (secondary N) is 1. The van der Waals surface area contributed by atoms with E-state index in [1.807, 2.05) is 0 Å². The first kappa shape index (κ1) is 10.1. The average Bonchev–Trinajstić information content (AvgIpc) is 1.87. The highest BCUT2D eigenvalue weighted by Crippen LogP contribution is 2.02. The van der Waals surface area contributed by atoms with Gasteiger partial charge < -0.3 is 15.5 Å². The third kappa shape index (κ3) is 3.33. The zero-order chi connectivity index (χ0) is 8.20. The predicted octanol–water partition coefficient (Wildman–Crippen LogP) is -0.126. The van der Waals surface area contributed by atoms with Crippen LogP contribution in [0.5, 0.6) is 0 Å². The molecule has 0 aliphatic heterocycles. The van der Waals surface area contributed by atoms with Crippen molar-refractivity contribution in [3.63, 3.8) is 0 Å². The van der Waals surface area contributed by atoms with E-state index < -0.39 is 5.54 Å². The van der Waals surface area contributed by atoms with Gasteiger partial charge in [0.2, 0.25) is 0 Å². The Kier molecular flexibility index (Phi) is 4.14. The van der Waals surface area contributed by atoms with Crippen LogP contribution < -0.4 is 5.32 Å². The van der Waals surface area contributed by atoms with Gasteiger partial charge in [-0.2, -0.15) is 0 Å². The quantitative estimate of drug-likeness (QED) is 0.376. The Balaban J connectivity index is 3.92. The highest BCUT2D eigenvalue weighted by atomic mass is 127. The number of hydrogen-bond donors (Lipinski definition) is 3. The van der Waals surface area contributed by atoms with Gasteiger partial charge in [-0.1, -0.05) is 0 Å². The maximum Gasteiger partial charge on any atom is 0.281 e. The topological polar surface area (TPSA) is 69.6 Å². The fourth-order valence-corrected chi connectivity index (χ4v) is 1.02. The van der Waals surface area contributed by atoms with Gasteiger partial charge in [-0.05, 0) is 6.92 Å². The Morgan fingerprint density at radius 3 is 2.10 bits per heavy atom. The van der Waals surface area contributed by atoms with Gasteiger partial charge in [0.1, 0.15) is 0 Å². The third-order valence-electron chi connectivity index (χ3n) is 1.10. The van der Waals surface area contributed by atoms with E-state index in [1.165, 1.54) is 0 Å². The summed E-state index contributed by atoms with van der Waals surface area (Å²) in [6.07, 6.45) is 0. The minimum absolute atomic E-state index is 0.266. The molecule has 10 heavy (non-hydrogen) atoms. The van der Waals surface area contributed by atoms with E-state index in [2.05, 4.69) is 5.32 Å². The molecule has 0 aromatic heterocycles. The molecule has 0 aromatic rings. The fourth-order valence-electron chi connectivity index (χ4n) is 0.366. The third-order valence-corrected chi connectivity index (χ3v) is 1.37. The molecule has 0 aliphatic rings. The van der Waals surface area contributed by atoms with E-state index in [4.69, 9.17) is 10.2 Å². The number of amides is 1. The molecule has 0 saturated carbocycles. The van der Waals surface area contributed by atoms with E-state index in [9.17, 15) is 4.79 Å². The summed E-state index contributed by atoms with van der Waals surface area (Å²) in [6, 6.07) is 0. The fraction of sp³-hybridized carbons (Fsp3) is 0.800. The summed E-state index contributed by atoms with van der Waals surface area (Å²) in [5, 5.41) is 19.7. The number of carbonyl (C=O) groups is 1. The molecule has 60 valence electrons. The SMILES string of the molecule is CC(CO)(CO)NC(=O)I. The summed E-state index contributed by atoms with van der Waals surface area (Å²) in [4.78, 5) is 10.4. The normalized spacial score (nSPS) is 11.2. The van der Waals surface area contributed by atoms with Gasteiger partial charge >= 0.3 is 0 Å². The molecule has 1 amide bonds. The molecule has 3 N–H and O–H groups in total. The van der Waals surface area contributed by atoms with E-state index in [0.29, 0.717) is 0 Å². The minimum Gasteiger partial charge on any atom is -0.394 e. The number of hydrogen-bond acceptors (Lipinski definition) is 3. The Hall–Kier alpha value is 0.120. The van der Waals surface area contributed by atoms with Crippen LogP contribution in [-0.4, -0.2) is 32.9 Å². The lowest BCUT2D eigenvalue weighted by Crippen LogP contribution is -2.49. The molecule has 0 bridgehead atoms. The number of rotatable bonds is 3. The minimum atomic E-state index is -0.891. The van der Waals surface area contributed by atoms with Gasteiger partial charge in [0.05, 0.1) is 18.8 Å². The van der Waals surface area contributed by atoms with Gasteiger partial charge in [0.15, 0.2) is 0 Å². The molecule has 0 unspecified atom stereocenters. The highest BCUT2D eigenvalue weighted by molar-refractivity contribution is 14.1. The van der Waals surface area contributed by atoms with Gasteiger partial charge in [-0.3, -0.25) is 4.79 Å². The lowest BCUT2D eigenvalue weighted by molar-refractivity contribution is 0.113. The zero-order valence-electron chi connectivity index (χ0n) is 5.59. The smallest absolute Gasteiger partial charge is 0.281 e. The van der Waals surface area contributed by atoms with Crippen LogP contribution in [0.25, 0.3) is 0 Å². The van der Waals surface area contributed by atoms with Crippen LogP contribution in [0.15, 0.2) is 0 Å². The molecule has 0 radical (unpaired) electrons. The summed E-state index contributed by atoms with van der Waals surface area (Å²) in [5.41, 5.74) is -0.891. The van der Waals surface area contributed by atoms with Crippen molar-refractivity contribution in [1.82, 2.24) is 5.32 Å². The summed E-state index contributed by atoms with van der Waals surface area (Å²) >= 11 is 1.54. The molecular formula is C5H10INO3. The molecule has 0 spiro atoms. The Morgan fingerprint density at radius 2 is 2.00 bits per heavy atom. The zero-order valence-corrected chi connectivity index (χ0v) is 7.75. The first-order valence-electron chi connectivity index (χ1n) is 2.73. The van der Waals surface area contributed by atoms with Crippen molar-refractivity contribution in [1.29, 1.82) is 0 Å². The summed E-state index contributed by atoms with van der Waals surface area (Å²) in [5.74, 6) is 0. The van der Waals surface area contributed by atoms with Crippen molar-refractivity contribution in [2.24, 2.45) is 0 Å². The summed E-state index contributed by atoms with van der Waals surface area (Å²) in [7, 11) is 0. The highest BCUT2D eigenvalue weighted by Gasteiger charge is 2.22. The van der Waals surface area contributed by atoms with Crippen molar-refractivity contribution in [2.45, 2.75) is 12.5 Å². The Bertz CT molecular complexity index is 124. The second kappa shape index (κ2) is 4.09. The van der Waals surface area contributed by atoms with Crippen molar-refractivity contribution in [3.8, 4) is 0 Å². The molecular weight excluding hydrogens is 249 g/mol. The van der Waals surface area contributed by atoms with E-state index >= 15 is 0 Å². The molecule has 0 aliphatic carbocycles. The largest absolute Gasteiger partial charge is 0.394 e. The first-order chi connectivity index (χ1) is 4.54. The van der Waals surface area contributed by atoms with Crippen LogP contribution in [0.1, 0.15) is 6.92 Å². The maximum atomic E-state index is 10.4. The summed E-state index contributed by atoms with van der Waals surface area (Å²) in [6.45, 7) is 1.03. The predicted molar refractivity (Wildman–Crippen MR) is 45.1 cm³/mol. The van der Waals surface area contributed by atoms with Crippen LogP contribution in [0.3, 0.4) is 0 Å². The van der Waals surface area contributed by atoms with Crippen LogP contribution in [0, 0.1) is 0 Å². The monoisotopic (exact) mass is 259 g/mol. The van der Waals surface area contributed by atoms with Gasteiger partial charge in [-0.25, -0.2) is 0 Å². The molecule has 0 saturated heterocycles. The lowest BCUT2D eigenvalue weighted by Gasteiger charge is -2.24. The molecule has 5 heteroatoms. The van der Waals surface area contributed by atoms with E-state index in [1.54, 1.807) is 29.5 Å². The number of aliphatic hydroxyl groups excluding tert-OH is 2. The van der Waals surface area contributed by atoms with Crippen molar-refractivity contribution >= 4 is 26.5 Å². The number of carbonyl (C=O) groups excluding carboxylic acids is 1. The van der Waals surface area contributed by atoms with Gasteiger partial charge in [-0.15, -0.1) is 0 Å². The number of halogens is 1. The second-order valence-corrected chi connectivity index (χ2v) is 3.26. The van der Waals surface area contributed by atoms with Crippen molar-refractivity contribution < 1.29 is 15.0 Å². The summed E-state index contributed by atoms with van der Waals surface area (Å²) < 4.78 is -0.289. The van der Waals surface area contributed by atoms with E-state index in [0.717, 1.165) is 0 Å². The molecule has 4 nitrogen and oxygen atoms in total. The number of aliphatic hydroxyl groups is 2. The van der Waals surface area contributed by atoms with Crippen molar-refractivity contribution in [3.05, 3.63) is 0 Å². The molecule has 0 heterocycles. The van der Waals surface area contributed by atoms with Crippen molar-refractivity contribution in [2.75, 3.05) is 13.2 Å². The Morgan fingerprint density at radius 1 is 1.60 bits per heavy atom. The Labute approximate surface area is 72.8 Å². The molecule has 0 fully saturated rings. The van der Waals surface area contributed by atoms with Crippen LogP contribution in [0.2, 0.25) is 0 Å². The van der Waals surface area contributed by atoms with Crippen LogP contribution >= 0.6 is 22.6 Å². The standard InChI is InChI=1S/C5H10INO3/c1-5(2-8,3-9)7-4(6)10/h8-9H,2-3H2,1H3,(H,7,10). The average molecular weight is 259 g/mol.